The van der Waals surface area contributed by atoms with Gasteiger partial charge in [-0.15, -0.1) is 0 Å². The molecule has 2 aromatic rings. The summed E-state index contributed by atoms with van der Waals surface area (Å²) in [6.07, 6.45) is 12.1. The first-order valence-electron chi connectivity index (χ1n) is 7.60. The summed E-state index contributed by atoms with van der Waals surface area (Å²) >= 11 is 0. The Morgan fingerprint density at radius 2 is 2.20 bits per heavy atom. The first-order chi connectivity index (χ1) is 9.79. The maximum absolute atomic E-state index is 4.79. The van der Waals surface area contributed by atoms with E-state index in [4.69, 9.17) is 4.98 Å². The maximum Gasteiger partial charge on any atom is 0.180 e. The lowest BCUT2D eigenvalue weighted by Gasteiger charge is -2.26. The van der Waals surface area contributed by atoms with Gasteiger partial charge in [0.25, 0.3) is 0 Å². The summed E-state index contributed by atoms with van der Waals surface area (Å²) in [6, 6.07) is 0.601. The van der Waals surface area contributed by atoms with E-state index >= 15 is 0 Å². The van der Waals surface area contributed by atoms with E-state index in [-0.39, 0.29) is 0 Å². The number of nitrogens with one attached hydrogen (secondary N) is 1. The van der Waals surface area contributed by atoms with Crippen molar-refractivity contribution >= 4 is 17.3 Å². The molecule has 0 saturated heterocycles. The highest BCUT2D eigenvalue weighted by Crippen LogP contribution is 2.28. The second-order valence-corrected chi connectivity index (χ2v) is 5.58. The summed E-state index contributed by atoms with van der Waals surface area (Å²) < 4.78 is 2.06. The fourth-order valence-corrected chi connectivity index (χ4v) is 2.95. The number of anilines is 2. The monoisotopic (exact) mass is 273 g/mol. The third-order valence-corrected chi connectivity index (χ3v) is 4.12. The van der Waals surface area contributed by atoms with Gasteiger partial charge in [0, 0.05) is 32.0 Å². The summed E-state index contributed by atoms with van der Waals surface area (Å²) in [7, 11) is 2.15. The lowest BCUT2D eigenvalue weighted by molar-refractivity contribution is 0.647. The van der Waals surface area contributed by atoms with Gasteiger partial charge in [-0.05, 0) is 19.3 Å². The molecule has 2 heterocycles. The second-order valence-electron chi connectivity index (χ2n) is 5.58. The highest BCUT2D eigenvalue weighted by Gasteiger charge is 2.23. The molecule has 1 N–H and O–H groups in total. The van der Waals surface area contributed by atoms with E-state index in [1.165, 1.54) is 25.7 Å². The molecule has 1 saturated carbocycles. The number of hydrogen-bond acceptors (Lipinski definition) is 4. The van der Waals surface area contributed by atoms with Crippen molar-refractivity contribution in [1.29, 1.82) is 0 Å². The molecule has 0 spiro atoms. The average molecular weight is 273 g/mol. The molecule has 0 unspecified atom stereocenters. The van der Waals surface area contributed by atoms with Gasteiger partial charge in [-0.1, -0.05) is 19.8 Å². The molecule has 2 aromatic heterocycles. The molecule has 0 amide bonds. The number of fused-ring (bicyclic) bond motifs is 1. The Balaban J connectivity index is 1.96. The lowest BCUT2D eigenvalue weighted by Crippen LogP contribution is -2.30. The topological polar surface area (TPSA) is 45.5 Å². The zero-order valence-electron chi connectivity index (χ0n) is 12.3. The predicted molar refractivity (Wildman–Crippen MR) is 82.4 cm³/mol. The zero-order chi connectivity index (χ0) is 13.9. The van der Waals surface area contributed by atoms with Crippen LogP contribution in [0.5, 0.6) is 0 Å². The number of imidazole rings is 1. The van der Waals surface area contributed by atoms with Crippen molar-refractivity contribution in [3.8, 4) is 0 Å². The molecule has 20 heavy (non-hydrogen) atoms. The van der Waals surface area contributed by atoms with Crippen LogP contribution in [0.2, 0.25) is 0 Å². The fraction of sp³-hybridized carbons (Fsp3) is 0.600. The molecule has 108 valence electrons. The average Bonchev–Trinajstić information content (AvgIpc) is 3.13. The molecule has 3 rings (SSSR count). The van der Waals surface area contributed by atoms with Gasteiger partial charge in [0.2, 0.25) is 0 Å². The van der Waals surface area contributed by atoms with Crippen LogP contribution in [0.15, 0.2) is 18.6 Å². The number of hydrogen-bond donors (Lipinski definition) is 1. The van der Waals surface area contributed by atoms with Crippen LogP contribution in [0.3, 0.4) is 0 Å². The van der Waals surface area contributed by atoms with Crippen LogP contribution in [0.4, 0.5) is 11.6 Å². The van der Waals surface area contributed by atoms with E-state index in [1.54, 1.807) is 0 Å². The Bertz CT molecular complexity index is 571. The van der Waals surface area contributed by atoms with E-state index in [0.717, 1.165) is 30.2 Å². The SMILES string of the molecule is CCCNc1cn2ccnc2c(N(C)C2CCCC2)n1. The van der Waals surface area contributed by atoms with Gasteiger partial charge in [-0.2, -0.15) is 0 Å². The minimum Gasteiger partial charge on any atom is -0.369 e. The first kappa shape index (κ1) is 13.2. The summed E-state index contributed by atoms with van der Waals surface area (Å²) in [6.45, 7) is 3.11. The first-order valence-corrected chi connectivity index (χ1v) is 7.60. The normalized spacial score (nSPS) is 15.9. The minimum absolute atomic E-state index is 0.601. The van der Waals surface area contributed by atoms with Crippen LogP contribution in [0.25, 0.3) is 5.65 Å². The van der Waals surface area contributed by atoms with E-state index in [9.17, 15) is 0 Å². The van der Waals surface area contributed by atoms with Gasteiger partial charge in [0.05, 0.1) is 6.20 Å². The van der Waals surface area contributed by atoms with Crippen molar-refractivity contribution in [3.63, 3.8) is 0 Å². The van der Waals surface area contributed by atoms with Gasteiger partial charge in [0.15, 0.2) is 11.5 Å². The van der Waals surface area contributed by atoms with Crippen molar-refractivity contribution in [2.24, 2.45) is 0 Å². The van der Waals surface area contributed by atoms with E-state index in [2.05, 4.69) is 33.6 Å². The summed E-state index contributed by atoms with van der Waals surface area (Å²) in [5.41, 5.74) is 0.946. The molecule has 5 heteroatoms. The molecule has 0 aliphatic heterocycles. The lowest BCUT2D eigenvalue weighted by atomic mass is 10.2. The quantitative estimate of drug-likeness (QED) is 0.910. The smallest absolute Gasteiger partial charge is 0.180 e. The molecule has 1 fully saturated rings. The van der Waals surface area contributed by atoms with Crippen LogP contribution in [-0.4, -0.2) is 34.0 Å². The largest absolute Gasteiger partial charge is 0.369 e. The van der Waals surface area contributed by atoms with Gasteiger partial charge in [0.1, 0.15) is 5.82 Å². The Morgan fingerprint density at radius 3 is 2.95 bits per heavy atom. The number of aromatic nitrogens is 3. The van der Waals surface area contributed by atoms with Gasteiger partial charge in [-0.3, -0.25) is 0 Å². The Kier molecular flexibility index (Phi) is 3.76. The highest BCUT2D eigenvalue weighted by molar-refractivity contribution is 5.67. The van der Waals surface area contributed by atoms with Crippen LogP contribution in [0, 0.1) is 0 Å². The molecule has 0 radical (unpaired) electrons. The third kappa shape index (κ3) is 2.44. The Labute approximate surface area is 120 Å². The van der Waals surface area contributed by atoms with Crippen molar-refractivity contribution in [1.82, 2.24) is 14.4 Å². The summed E-state index contributed by atoms with van der Waals surface area (Å²) in [5.74, 6) is 1.92. The highest BCUT2D eigenvalue weighted by atomic mass is 15.2. The molecule has 0 aromatic carbocycles. The van der Waals surface area contributed by atoms with E-state index < -0.39 is 0 Å². The number of nitrogens with zero attached hydrogens (tertiary/aromatic N) is 4. The standard InChI is InChI=1S/C15H23N5/c1-3-8-16-13-11-20-10-9-17-14(20)15(18-13)19(2)12-6-4-5-7-12/h9-12,16H,3-8H2,1-2H3. The molecule has 0 atom stereocenters. The van der Waals surface area contributed by atoms with E-state index in [1.807, 2.05) is 18.6 Å². The van der Waals surface area contributed by atoms with Crippen LogP contribution in [0.1, 0.15) is 39.0 Å². The predicted octanol–water partition coefficient (Wildman–Crippen LogP) is 2.93. The van der Waals surface area contributed by atoms with Crippen LogP contribution in [-0.2, 0) is 0 Å². The van der Waals surface area contributed by atoms with Crippen molar-refractivity contribution < 1.29 is 0 Å². The zero-order valence-corrected chi connectivity index (χ0v) is 12.3. The van der Waals surface area contributed by atoms with Crippen molar-refractivity contribution in [2.75, 3.05) is 23.8 Å². The van der Waals surface area contributed by atoms with Gasteiger partial charge < -0.3 is 14.6 Å². The van der Waals surface area contributed by atoms with Crippen LogP contribution < -0.4 is 10.2 Å². The maximum atomic E-state index is 4.79. The van der Waals surface area contributed by atoms with E-state index in [0.29, 0.717) is 6.04 Å². The molecular weight excluding hydrogens is 250 g/mol. The van der Waals surface area contributed by atoms with Gasteiger partial charge in [-0.25, -0.2) is 9.97 Å². The van der Waals surface area contributed by atoms with Crippen molar-refractivity contribution in [3.05, 3.63) is 18.6 Å². The molecule has 1 aliphatic carbocycles. The van der Waals surface area contributed by atoms with Crippen molar-refractivity contribution in [2.45, 2.75) is 45.1 Å². The Hall–Kier alpha value is -1.78. The second kappa shape index (κ2) is 5.69. The summed E-state index contributed by atoms with van der Waals surface area (Å²) in [4.78, 5) is 11.6. The molecule has 1 aliphatic rings. The minimum atomic E-state index is 0.601. The van der Waals surface area contributed by atoms with Gasteiger partial charge >= 0.3 is 0 Å². The Morgan fingerprint density at radius 1 is 1.40 bits per heavy atom. The fourth-order valence-electron chi connectivity index (χ4n) is 2.95. The number of rotatable bonds is 5. The molecular formula is C15H23N5. The molecule has 0 bridgehead atoms. The summed E-state index contributed by atoms with van der Waals surface area (Å²) in [5, 5.41) is 3.38. The van der Waals surface area contributed by atoms with Crippen LogP contribution >= 0.6 is 0 Å². The third-order valence-electron chi connectivity index (χ3n) is 4.12. The molecule has 5 nitrogen and oxygen atoms in total.